The van der Waals surface area contributed by atoms with E-state index in [0.717, 1.165) is 5.69 Å². The summed E-state index contributed by atoms with van der Waals surface area (Å²) in [5.74, 6) is -0.876. The minimum absolute atomic E-state index is 0.0637. The molecule has 0 bridgehead atoms. The van der Waals surface area contributed by atoms with Gasteiger partial charge < -0.3 is 10.8 Å². The zero-order valence-corrected chi connectivity index (χ0v) is 7.61. The quantitative estimate of drug-likeness (QED) is 0.722. The summed E-state index contributed by atoms with van der Waals surface area (Å²) < 4.78 is 0. The lowest BCUT2D eigenvalue weighted by Gasteiger charge is -2.06. The van der Waals surface area contributed by atoms with Gasteiger partial charge in [-0.2, -0.15) is 0 Å². The number of nitrogens with zero attached hydrogens (tertiary/aromatic N) is 1. The van der Waals surface area contributed by atoms with E-state index in [1.165, 1.54) is 0 Å². The van der Waals surface area contributed by atoms with Crippen molar-refractivity contribution in [1.82, 2.24) is 4.98 Å². The highest BCUT2D eigenvalue weighted by atomic mass is 16.4. The first-order valence-electron chi connectivity index (χ1n) is 4.02. The van der Waals surface area contributed by atoms with Gasteiger partial charge in [0.25, 0.3) is 0 Å². The predicted octanol–water partition coefficient (Wildman–Crippen LogP) is 1.49. The number of aromatic nitrogens is 1. The molecule has 1 heterocycles. The van der Waals surface area contributed by atoms with Crippen molar-refractivity contribution in [1.29, 1.82) is 0 Å². The fourth-order valence-corrected chi connectivity index (χ4v) is 0.978. The number of pyridine rings is 1. The summed E-state index contributed by atoms with van der Waals surface area (Å²) in [5.41, 5.74) is 6.33. The van der Waals surface area contributed by atoms with Gasteiger partial charge in [0, 0.05) is 5.69 Å². The van der Waals surface area contributed by atoms with Gasteiger partial charge in [0.2, 0.25) is 0 Å². The van der Waals surface area contributed by atoms with Crippen molar-refractivity contribution >= 4 is 11.7 Å². The van der Waals surface area contributed by atoms with Crippen LogP contribution in [0.4, 0.5) is 5.69 Å². The number of nitrogens with two attached hydrogens (primary N) is 1. The maximum absolute atomic E-state index is 10.7. The molecule has 0 saturated carbocycles. The van der Waals surface area contributed by atoms with Gasteiger partial charge in [0.05, 0.1) is 5.69 Å². The van der Waals surface area contributed by atoms with E-state index in [1.54, 1.807) is 12.1 Å². The van der Waals surface area contributed by atoms with E-state index in [0.29, 0.717) is 0 Å². The SMILES string of the molecule is CC(C)c1ccc(N)c(C(=O)O)n1. The topological polar surface area (TPSA) is 76.2 Å². The standard InChI is InChI=1S/C9H12N2O2/c1-5(2)7-4-3-6(10)8(11-7)9(12)13/h3-5H,10H2,1-2H3,(H,12,13). The van der Waals surface area contributed by atoms with Gasteiger partial charge in [-0.15, -0.1) is 0 Å². The third-order valence-corrected chi connectivity index (χ3v) is 1.74. The number of rotatable bonds is 2. The highest BCUT2D eigenvalue weighted by Gasteiger charge is 2.11. The first-order valence-corrected chi connectivity index (χ1v) is 4.02. The van der Waals surface area contributed by atoms with Gasteiger partial charge in [0.15, 0.2) is 5.69 Å². The molecule has 0 saturated heterocycles. The molecule has 0 spiro atoms. The summed E-state index contributed by atoms with van der Waals surface area (Å²) >= 11 is 0. The lowest BCUT2D eigenvalue weighted by atomic mass is 10.1. The predicted molar refractivity (Wildman–Crippen MR) is 49.7 cm³/mol. The van der Waals surface area contributed by atoms with Crippen molar-refractivity contribution in [3.05, 3.63) is 23.5 Å². The van der Waals surface area contributed by atoms with Crippen LogP contribution in [0.5, 0.6) is 0 Å². The second-order valence-corrected chi connectivity index (χ2v) is 3.13. The van der Waals surface area contributed by atoms with Crippen LogP contribution in [-0.2, 0) is 0 Å². The average Bonchev–Trinajstić information content (AvgIpc) is 2.04. The number of carbonyl (C=O) groups is 1. The average molecular weight is 180 g/mol. The van der Waals surface area contributed by atoms with E-state index in [4.69, 9.17) is 10.8 Å². The van der Waals surface area contributed by atoms with Crippen molar-refractivity contribution in [2.45, 2.75) is 19.8 Å². The summed E-state index contributed by atoms with van der Waals surface area (Å²) in [6.07, 6.45) is 0. The highest BCUT2D eigenvalue weighted by Crippen LogP contribution is 2.16. The summed E-state index contributed by atoms with van der Waals surface area (Å²) in [5, 5.41) is 8.73. The van der Waals surface area contributed by atoms with Crippen molar-refractivity contribution in [3.63, 3.8) is 0 Å². The van der Waals surface area contributed by atoms with Crippen molar-refractivity contribution in [3.8, 4) is 0 Å². The normalized spacial score (nSPS) is 10.4. The molecule has 1 aromatic rings. The van der Waals surface area contributed by atoms with Crippen LogP contribution in [0, 0.1) is 0 Å². The molecule has 3 N–H and O–H groups in total. The Morgan fingerprint density at radius 1 is 1.54 bits per heavy atom. The van der Waals surface area contributed by atoms with Crippen LogP contribution < -0.4 is 5.73 Å². The molecule has 0 atom stereocenters. The van der Waals surface area contributed by atoms with E-state index < -0.39 is 5.97 Å². The molecule has 1 aromatic heterocycles. The molecule has 0 fully saturated rings. The molecule has 13 heavy (non-hydrogen) atoms. The molecule has 1 rings (SSSR count). The van der Waals surface area contributed by atoms with Gasteiger partial charge in [-0.25, -0.2) is 9.78 Å². The molecule has 0 aliphatic carbocycles. The Hall–Kier alpha value is -1.58. The maximum atomic E-state index is 10.7. The molecular weight excluding hydrogens is 168 g/mol. The Bertz CT molecular complexity index is 334. The summed E-state index contributed by atoms with van der Waals surface area (Å²) in [7, 11) is 0. The van der Waals surface area contributed by atoms with Gasteiger partial charge >= 0.3 is 5.97 Å². The first kappa shape index (κ1) is 9.51. The smallest absolute Gasteiger partial charge is 0.356 e. The summed E-state index contributed by atoms with van der Waals surface area (Å²) in [6.45, 7) is 3.90. The third kappa shape index (κ3) is 1.96. The van der Waals surface area contributed by atoms with Gasteiger partial charge in [-0.1, -0.05) is 13.8 Å². The Kier molecular flexibility index (Phi) is 2.51. The zero-order valence-electron chi connectivity index (χ0n) is 7.61. The third-order valence-electron chi connectivity index (χ3n) is 1.74. The maximum Gasteiger partial charge on any atom is 0.356 e. The molecule has 4 nitrogen and oxygen atoms in total. The number of hydrogen-bond donors (Lipinski definition) is 2. The number of nitrogen functional groups attached to an aromatic ring is 1. The minimum Gasteiger partial charge on any atom is -0.476 e. The van der Waals surface area contributed by atoms with Crippen LogP contribution in [0.1, 0.15) is 35.9 Å². The first-order chi connectivity index (χ1) is 6.02. The van der Waals surface area contributed by atoms with Gasteiger partial charge in [0.1, 0.15) is 0 Å². The van der Waals surface area contributed by atoms with Crippen LogP contribution in [0.2, 0.25) is 0 Å². The lowest BCUT2D eigenvalue weighted by molar-refractivity contribution is 0.0691. The molecule has 0 unspecified atom stereocenters. The Morgan fingerprint density at radius 3 is 2.62 bits per heavy atom. The molecule has 0 aliphatic heterocycles. The summed E-state index contributed by atoms with van der Waals surface area (Å²) in [6, 6.07) is 3.32. The van der Waals surface area contributed by atoms with E-state index >= 15 is 0 Å². The van der Waals surface area contributed by atoms with Crippen LogP contribution in [0.15, 0.2) is 12.1 Å². The highest BCUT2D eigenvalue weighted by molar-refractivity contribution is 5.91. The Balaban J connectivity index is 3.19. The molecule has 0 radical (unpaired) electrons. The molecular formula is C9H12N2O2. The monoisotopic (exact) mass is 180 g/mol. The molecule has 4 heteroatoms. The minimum atomic E-state index is -1.08. The van der Waals surface area contributed by atoms with Crippen LogP contribution in [0.3, 0.4) is 0 Å². The fraction of sp³-hybridized carbons (Fsp3) is 0.333. The van der Waals surface area contributed by atoms with E-state index in [9.17, 15) is 4.79 Å². The van der Waals surface area contributed by atoms with Crippen molar-refractivity contribution in [2.24, 2.45) is 0 Å². The number of carboxylic acids is 1. The lowest BCUT2D eigenvalue weighted by Crippen LogP contribution is -2.08. The number of anilines is 1. The van der Waals surface area contributed by atoms with E-state index in [-0.39, 0.29) is 17.3 Å². The zero-order chi connectivity index (χ0) is 10.0. The fourth-order valence-electron chi connectivity index (χ4n) is 0.978. The second-order valence-electron chi connectivity index (χ2n) is 3.13. The van der Waals surface area contributed by atoms with E-state index in [2.05, 4.69) is 4.98 Å². The molecule has 0 aromatic carbocycles. The van der Waals surface area contributed by atoms with E-state index in [1.807, 2.05) is 13.8 Å². The van der Waals surface area contributed by atoms with Gasteiger partial charge in [-0.05, 0) is 18.1 Å². The largest absolute Gasteiger partial charge is 0.476 e. The summed E-state index contributed by atoms with van der Waals surface area (Å²) in [4.78, 5) is 14.6. The van der Waals surface area contributed by atoms with Crippen molar-refractivity contribution < 1.29 is 9.90 Å². The Labute approximate surface area is 76.4 Å². The van der Waals surface area contributed by atoms with Crippen LogP contribution in [0.25, 0.3) is 0 Å². The molecule has 70 valence electrons. The number of carboxylic acid groups (broad SMARTS) is 1. The second kappa shape index (κ2) is 3.43. The number of aromatic carboxylic acids is 1. The molecule has 0 amide bonds. The number of hydrogen-bond acceptors (Lipinski definition) is 3. The van der Waals surface area contributed by atoms with Crippen LogP contribution in [-0.4, -0.2) is 16.1 Å². The van der Waals surface area contributed by atoms with Crippen molar-refractivity contribution in [2.75, 3.05) is 5.73 Å². The van der Waals surface area contributed by atoms with Crippen LogP contribution >= 0.6 is 0 Å². The van der Waals surface area contributed by atoms with Gasteiger partial charge in [-0.3, -0.25) is 0 Å². The Morgan fingerprint density at radius 2 is 2.15 bits per heavy atom. The molecule has 0 aliphatic rings.